The van der Waals surface area contributed by atoms with Gasteiger partial charge in [-0.05, 0) is 83.5 Å². The number of ether oxygens (including phenoxy) is 3. The molecular formula is C73H134O6. The van der Waals surface area contributed by atoms with Crippen molar-refractivity contribution in [2.24, 2.45) is 0 Å². The van der Waals surface area contributed by atoms with Crippen molar-refractivity contribution in [3.8, 4) is 0 Å². The number of hydrogen-bond acceptors (Lipinski definition) is 6. The third-order valence-electron chi connectivity index (χ3n) is 15.8. The lowest BCUT2D eigenvalue weighted by Gasteiger charge is -2.18. The Kier molecular flexibility index (Phi) is 65.6. The minimum Gasteiger partial charge on any atom is -0.462 e. The summed E-state index contributed by atoms with van der Waals surface area (Å²) in [6.45, 7) is 6.67. The quantitative estimate of drug-likeness (QED) is 0.0261. The molecule has 0 radical (unpaired) electrons. The molecule has 0 amide bonds. The highest BCUT2D eigenvalue weighted by atomic mass is 16.6. The van der Waals surface area contributed by atoms with Gasteiger partial charge in [-0.3, -0.25) is 14.4 Å². The first-order chi connectivity index (χ1) is 39.0. The van der Waals surface area contributed by atoms with Gasteiger partial charge in [0.15, 0.2) is 6.10 Å². The van der Waals surface area contributed by atoms with Crippen LogP contribution in [0.25, 0.3) is 0 Å². The first-order valence-electron chi connectivity index (χ1n) is 35.1. The Morgan fingerprint density at radius 2 is 0.456 bits per heavy atom. The average Bonchev–Trinajstić information content (AvgIpc) is 3.45. The molecule has 462 valence electrons. The summed E-state index contributed by atoms with van der Waals surface area (Å²) >= 11 is 0. The van der Waals surface area contributed by atoms with E-state index in [2.05, 4.69) is 69.4 Å². The summed E-state index contributed by atoms with van der Waals surface area (Å²) in [6.07, 6.45) is 85.8. The van der Waals surface area contributed by atoms with Crippen LogP contribution in [0.3, 0.4) is 0 Å². The van der Waals surface area contributed by atoms with Crippen LogP contribution in [-0.4, -0.2) is 37.2 Å². The Labute approximate surface area is 492 Å². The van der Waals surface area contributed by atoms with Crippen molar-refractivity contribution in [3.63, 3.8) is 0 Å². The van der Waals surface area contributed by atoms with Crippen molar-refractivity contribution in [1.29, 1.82) is 0 Å². The van der Waals surface area contributed by atoms with E-state index in [0.29, 0.717) is 19.3 Å². The van der Waals surface area contributed by atoms with E-state index in [1.54, 1.807) is 0 Å². The van der Waals surface area contributed by atoms with Gasteiger partial charge < -0.3 is 14.2 Å². The fourth-order valence-electron chi connectivity index (χ4n) is 10.5. The Bertz CT molecular complexity index is 1360. The molecule has 0 aromatic rings. The SMILES string of the molecule is CCCCCCC/C=C\C/C=C\C/C=C\CCCCCCCCCCCCCCC(=O)OCC(COC(=O)CCCCCCCCCCC)OC(=O)CCCCCCCCCCCCCCC/C=C\CCCCCCCCCC. The van der Waals surface area contributed by atoms with Crippen molar-refractivity contribution in [2.75, 3.05) is 13.2 Å². The number of allylic oxidation sites excluding steroid dienone is 8. The molecule has 0 fully saturated rings. The maximum absolute atomic E-state index is 12.9. The minimum absolute atomic E-state index is 0.0692. The largest absolute Gasteiger partial charge is 0.462 e. The number of esters is 3. The van der Waals surface area contributed by atoms with Gasteiger partial charge >= 0.3 is 17.9 Å². The van der Waals surface area contributed by atoms with E-state index in [9.17, 15) is 14.4 Å². The molecule has 0 aromatic heterocycles. The monoisotopic (exact) mass is 1110 g/mol. The fraction of sp³-hybridized carbons (Fsp3) is 0.849. The van der Waals surface area contributed by atoms with Crippen molar-refractivity contribution in [3.05, 3.63) is 48.6 Å². The van der Waals surface area contributed by atoms with Crippen LogP contribution in [0.2, 0.25) is 0 Å². The molecule has 79 heavy (non-hydrogen) atoms. The molecule has 1 atom stereocenters. The molecule has 0 bridgehead atoms. The normalized spacial score (nSPS) is 12.3. The van der Waals surface area contributed by atoms with E-state index < -0.39 is 6.10 Å². The summed E-state index contributed by atoms with van der Waals surface area (Å²) in [4.78, 5) is 38.3. The van der Waals surface area contributed by atoms with Crippen LogP contribution in [0.5, 0.6) is 0 Å². The Morgan fingerprint density at radius 1 is 0.253 bits per heavy atom. The Hall–Kier alpha value is -2.63. The first-order valence-corrected chi connectivity index (χ1v) is 35.1. The fourth-order valence-corrected chi connectivity index (χ4v) is 10.5. The first kappa shape index (κ1) is 76.4. The molecule has 0 aromatic carbocycles. The molecule has 0 rings (SSSR count). The van der Waals surface area contributed by atoms with Crippen LogP contribution in [0.15, 0.2) is 48.6 Å². The van der Waals surface area contributed by atoms with Crippen LogP contribution in [0.1, 0.15) is 380 Å². The number of rotatable bonds is 65. The zero-order chi connectivity index (χ0) is 57.1. The van der Waals surface area contributed by atoms with Gasteiger partial charge in [-0.2, -0.15) is 0 Å². The molecule has 6 heteroatoms. The number of carbonyl (C=O) groups excluding carboxylic acids is 3. The Balaban J connectivity index is 4.14. The summed E-state index contributed by atoms with van der Waals surface area (Å²) in [5.41, 5.74) is 0. The van der Waals surface area contributed by atoms with E-state index in [-0.39, 0.29) is 31.1 Å². The van der Waals surface area contributed by atoms with Crippen molar-refractivity contribution in [2.45, 2.75) is 386 Å². The molecule has 0 saturated carbocycles. The lowest BCUT2D eigenvalue weighted by Crippen LogP contribution is -2.30. The van der Waals surface area contributed by atoms with Crippen LogP contribution >= 0.6 is 0 Å². The van der Waals surface area contributed by atoms with Crippen molar-refractivity contribution < 1.29 is 28.6 Å². The van der Waals surface area contributed by atoms with E-state index in [1.165, 1.54) is 270 Å². The second-order valence-corrected chi connectivity index (χ2v) is 23.8. The van der Waals surface area contributed by atoms with Crippen LogP contribution < -0.4 is 0 Å². The van der Waals surface area contributed by atoms with Crippen LogP contribution in [0, 0.1) is 0 Å². The second-order valence-electron chi connectivity index (χ2n) is 23.8. The van der Waals surface area contributed by atoms with Gasteiger partial charge in [0.05, 0.1) is 0 Å². The minimum atomic E-state index is -0.771. The average molecular weight is 1110 g/mol. The van der Waals surface area contributed by atoms with E-state index in [1.807, 2.05) is 0 Å². The van der Waals surface area contributed by atoms with Crippen molar-refractivity contribution >= 4 is 17.9 Å². The molecule has 0 aliphatic carbocycles. The molecule has 1 unspecified atom stereocenters. The summed E-state index contributed by atoms with van der Waals surface area (Å²) in [5.74, 6) is -0.851. The van der Waals surface area contributed by atoms with Gasteiger partial charge in [0.1, 0.15) is 13.2 Å². The number of carbonyl (C=O) groups is 3. The van der Waals surface area contributed by atoms with E-state index in [0.717, 1.165) is 70.6 Å². The lowest BCUT2D eigenvalue weighted by molar-refractivity contribution is -0.167. The highest BCUT2D eigenvalue weighted by Gasteiger charge is 2.19. The summed E-state index contributed by atoms with van der Waals surface area (Å²) in [7, 11) is 0. The van der Waals surface area contributed by atoms with Gasteiger partial charge in [-0.15, -0.1) is 0 Å². The van der Waals surface area contributed by atoms with Gasteiger partial charge in [-0.25, -0.2) is 0 Å². The molecule has 0 heterocycles. The van der Waals surface area contributed by atoms with Gasteiger partial charge in [0.2, 0.25) is 0 Å². The van der Waals surface area contributed by atoms with Gasteiger partial charge in [0.25, 0.3) is 0 Å². The van der Waals surface area contributed by atoms with Crippen molar-refractivity contribution in [1.82, 2.24) is 0 Å². The van der Waals surface area contributed by atoms with Gasteiger partial charge in [-0.1, -0.05) is 326 Å². The maximum Gasteiger partial charge on any atom is 0.306 e. The van der Waals surface area contributed by atoms with Crippen LogP contribution in [-0.2, 0) is 28.6 Å². The molecule has 0 N–H and O–H groups in total. The molecule has 0 saturated heterocycles. The second kappa shape index (κ2) is 67.9. The number of unbranched alkanes of at least 4 members (excludes halogenated alkanes) is 46. The van der Waals surface area contributed by atoms with E-state index in [4.69, 9.17) is 14.2 Å². The standard InChI is InChI=1S/C73H134O6/c1-4-7-10-13-16-19-21-23-25-27-29-31-33-35-36-38-39-41-43-45-47-49-51-54-57-60-63-66-72(75)78-69-70(68-77-71(74)65-62-59-56-53-18-15-12-9-6-3)79-73(76)67-64-61-58-55-52-50-48-46-44-42-40-37-34-32-30-28-26-24-22-20-17-14-11-8-5-2/h21,23,27-30,33,35,70H,4-20,22,24-26,31-32,34,36-69H2,1-3H3/b23-21-,29-27-,30-28-,35-33-. The topological polar surface area (TPSA) is 78.9 Å². The smallest absolute Gasteiger partial charge is 0.306 e. The number of hydrogen-bond donors (Lipinski definition) is 0. The molecular weight excluding hydrogens is 973 g/mol. The predicted molar refractivity (Wildman–Crippen MR) is 344 cm³/mol. The highest BCUT2D eigenvalue weighted by Crippen LogP contribution is 2.18. The predicted octanol–water partition coefficient (Wildman–Crippen LogP) is 24.1. The highest BCUT2D eigenvalue weighted by molar-refractivity contribution is 5.71. The Morgan fingerprint density at radius 3 is 0.722 bits per heavy atom. The lowest BCUT2D eigenvalue weighted by atomic mass is 10.0. The third kappa shape index (κ3) is 66.1. The zero-order valence-corrected chi connectivity index (χ0v) is 53.2. The third-order valence-corrected chi connectivity index (χ3v) is 15.8. The molecule has 0 aliphatic heterocycles. The summed E-state index contributed by atoms with van der Waals surface area (Å²) < 4.78 is 16.9. The summed E-state index contributed by atoms with van der Waals surface area (Å²) in [6, 6.07) is 0. The molecule has 0 aliphatic rings. The van der Waals surface area contributed by atoms with Gasteiger partial charge in [0, 0.05) is 19.3 Å². The zero-order valence-electron chi connectivity index (χ0n) is 53.2. The summed E-state index contributed by atoms with van der Waals surface area (Å²) in [5, 5.41) is 0. The molecule has 0 spiro atoms. The van der Waals surface area contributed by atoms with Crippen LogP contribution in [0.4, 0.5) is 0 Å². The molecule has 6 nitrogen and oxygen atoms in total. The van der Waals surface area contributed by atoms with E-state index >= 15 is 0 Å². The maximum atomic E-state index is 12.9.